The van der Waals surface area contributed by atoms with Crippen LogP contribution < -0.4 is 28.6 Å². The molecule has 0 aliphatic rings. The fourth-order valence-electron chi connectivity index (χ4n) is 12.4. The minimum absolute atomic E-state index is 0.309. The van der Waals surface area contributed by atoms with E-state index in [-0.39, 0.29) is 0 Å². The van der Waals surface area contributed by atoms with Gasteiger partial charge in [0.1, 0.15) is 28.2 Å². The van der Waals surface area contributed by atoms with Gasteiger partial charge in [-0.3, -0.25) is 0 Å². The van der Waals surface area contributed by atoms with Crippen LogP contribution in [0.3, 0.4) is 0 Å². The van der Waals surface area contributed by atoms with Crippen molar-refractivity contribution in [2.24, 2.45) is 39.0 Å². The minimum atomic E-state index is -2.24. The Kier molecular flexibility index (Phi) is 17.0. The van der Waals surface area contributed by atoms with Crippen LogP contribution in [0.15, 0.2) is 201 Å². The van der Waals surface area contributed by atoms with Gasteiger partial charge >= 0.3 is 0 Å². The van der Waals surface area contributed by atoms with Crippen LogP contribution in [-0.4, -0.2) is 16.1 Å². The number of pyridine rings is 4. The van der Waals surface area contributed by atoms with Gasteiger partial charge in [0.2, 0.25) is 22.8 Å². The van der Waals surface area contributed by atoms with E-state index in [1.165, 1.54) is 10.8 Å². The van der Waals surface area contributed by atoms with Crippen molar-refractivity contribution in [3.8, 4) is 78.4 Å². The van der Waals surface area contributed by atoms with E-state index in [0.717, 1.165) is 94.7 Å². The summed E-state index contributed by atoms with van der Waals surface area (Å²) in [4.78, 5) is 0. The highest BCUT2D eigenvalue weighted by atomic mass is 28.3. The Morgan fingerprint density at radius 1 is 0.313 bits per heavy atom. The number of rotatable bonds is 11. The lowest BCUT2D eigenvalue weighted by Crippen LogP contribution is -2.47. The van der Waals surface area contributed by atoms with E-state index in [0.29, 0.717) is 55.6 Å². The molecule has 11 rings (SSSR count). The standard InChI is InChI=1S/C28H38NSi.C26H32N.C22H24N.C17H24NSi/c1-20-15-21(2)25(17-24(20)22-13-11-10-12-14-22)26-16-23(18-28(3,4)5)27(19-29(26)6)30(7,8)9;1-18-14-25(27(7)17-22(18)16-26(4,5)6)24-15-23(19(2)13-20(24)3)21-11-9-8-10-12-21;1-15-12-22(23(5)14-18(15)4)21-13-20(16(2)11-17(21)3)19-9-7-6-8-10-19;1-13-7-10-17(18(3)12-13)16-9-8-15(11-14(16)2)19(4,5)6/h10-17,19H,18H2,1-9H3;8-15,17H,16H2,1-7H3;6-14H,1-5H3;7-12H,1-6H3/q4*+1/i1D3,18D2;2D3,16D2;2D3,4D3;1D3. The van der Waals surface area contributed by atoms with Crippen molar-refractivity contribution in [1.29, 1.82) is 0 Å². The van der Waals surface area contributed by atoms with Crippen LogP contribution in [0.5, 0.6) is 0 Å². The molecular formula is C93H118N4Si2+4. The molecule has 99 heavy (non-hydrogen) atoms. The first-order valence-corrected chi connectivity index (χ1v) is 41.2. The van der Waals surface area contributed by atoms with Gasteiger partial charge in [-0.1, -0.05) is 207 Å². The van der Waals surface area contributed by atoms with Crippen LogP contribution >= 0.6 is 0 Å². The maximum atomic E-state index is 9.12. The Bertz CT molecular complexity index is 5400. The molecular weight excluding hydrogens is 1230 g/mol. The van der Waals surface area contributed by atoms with Crippen molar-refractivity contribution in [2.75, 3.05) is 0 Å². The molecule has 0 saturated carbocycles. The number of nitrogens with zero attached hydrogens (tertiary/aromatic N) is 4. The van der Waals surface area contributed by atoms with Crippen molar-refractivity contribution in [2.45, 2.75) is 169 Å². The highest BCUT2D eigenvalue weighted by Gasteiger charge is 2.30. The molecule has 11 aromatic rings. The van der Waals surface area contributed by atoms with Gasteiger partial charge in [0, 0.05) is 94.4 Å². The summed E-state index contributed by atoms with van der Waals surface area (Å²) in [5, 5.41) is 2.54. The van der Waals surface area contributed by atoms with Gasteiger partial charge in [0.25, 0.3) is 0 Å². The van der Waals surface area contributed by atoms with Crippen LogP contribution in [0.25, 0.3) is 78.4 Å². The van der Waals surface area contributed by atoms with E-state index in [9.17, 15) is 0 Å². The first-order valence-electron chi connectivity index (χ1n) is 43.7. The van der Waals surface area contributed by atoms with E-state index in [1.807, 2.05) is 246 Å². The summed E-state index contributed by atoms with van der Waals surface area (Å²) in [7, 11) is 4.43. The summed E-state index contributed by atoms with van der Waals surface area (Å²) in [5.41, 5.74) is 19.4. The van der Waals surface area contributed by atoms with Gasteiger partial charge in [-0.25, -0.2) is 18.3 Å². The van der Waals surface area contributed by atoms with Gasteiger partial charge in [-0.05, 0) is 219 Å². The molecule has 0 spiro atoms. The first kappa shape index (κ1) is 53.5. The zero-order valence-electron chi connectivity index (χ0n) is 81.8. The normalized spacial score (nSPS) is 15.4. The monoisotopic (exact) mass is 1370 g/mol. The lowest BCUT2D eigenvalue weighted by atomic mass is 9.86. The average molecular weight is 1370 g/mol. The predicted molar refractivity (Wildman–Crippen MR) is 433 cm³/mol. The number of aryl methyl sites for hydroxylation is 15. The molecule has 0 radical (unpaired) electrons. The largest absolute Gasteiger partial charge is 0.212 e. The SMILES string of the molecule is [2H]C([2H])([2H])c1c[n+](C)c(-c2cc(-c3ccccc3)c(C([2H])([2H])[2H])cc2C)cc1C.[2H]C([2H])([2H])c1cc(C)c(-c2cc(C([2H])([2H])C(C)(C)C)c([Si](C)(C)C)c[n+]2C)cc1-c1ccccc1.[2H]C([2H])([2H])c1cc(C)c(-c2cc(C)c(C([2H])([2H])C(C)(C)C)c[n+]2C)cc1-c1ccccc1.[2H]C([2H])([2H])c1ccc(-c2ccc([Si](C)(C)C)cc2C)[n+](C)c1. The van der Waals surface area contributed by atoms with E-state index >= 15 is 0 Å². The molecule has 0 N–H and O–H groups in total. The van der Waals surface area contributed by atoms with Crippen LogP contribution in [-0.2, 0) is 40.9 Å². The quantitative estimate of drug-likeness (QED) is 0.0906. The molecule has 0 fully saturated rings. The molecule has 0 bridgehead atoms. The summed E-state index contributed by atoms with van der Waals surface area (Å²) in [6, 6.07) is 55.8. The molecule has 4 nitrogen and oxygen atoms in total. The van der Waals surface area contributed by atoms with Gasteiger partial charge in [0.05, 0.1) is 16.1 Å². The van der Waals surface area contributed by atoms with Crippen molar-refractivity contribution >= 4 is 26.5 Å². The lowest BCUT2D eigenvalue weighted by Gasteiger charge is -2.25. The Balaban J connectivity index is 0.000000198. The summed E-state index contributed by atoms with van der Waals surface area (Å²) in [6.45, 7) is 25.9. The Labute approximate surface area is 628 Å². The molecule has 4 heterocycles. The maximum Gasteiger partial charge on any atom is 0.212 e. The van der Waals surface area contributed by atoms with Crippen LogP contribution in [0.4, 0.5) is 0 Å². The van der Waals surface area contributed by atoms with E-state index in [1.54, 1.807) is 48.1 Å². The van der Waals surface area contributed by atoms with Crippen molar-refractivity contribution in [3.63, 3.8) is 0 Å². The van der Waals surface area contributed by atoms with Crippen LogP contribution in [0.2, 0.25) is 39.3 Å². The summed E-state index contributed by atoms with van der Waals surface area (Å²) in [6.07, 6.45) is 4.27. The Morgan fingerprint density at radius 2 is 0.707 bits per heavy atom. The van der Waals surface area contributed by atoms with Crippen LogP contribution in [0.1, 0.15) is 140 Å². The highest BCUT2D eigenvalue weighted by Crippen LogP contribution is 2.36. The second-order valence-corrected chi connectivity index (χ2v) is 40.9. The second kappa shape index (κ2) is 31.4. The molecule has 0 atom stereocenters. The van der Waals surface area contributed by atoms with Gasteiger partial charge in [0.15, 0.2) is 24.8 Å². The highest BCUT2D eigenvalue weighted by molar-refractivity contribution is 6.89. The Hall–Kier alpha value is -8.43. The van der Waals surface area contributed by atoms with Gasteiger partial charge < -0.3 is 0 Å². The fraction of sp³-hybridized carbons (Fsp3) is 0.333. The lowest BCUT2D eigenvalue weighted by molar-refractivity contribution is -0.661. The Morgan fingerprint density at radius 3 is 1.10 bits per heavy atom. The summed E-state index contributed by atoms with van der Waals surface area (Å²) < 4.78 is 162. The number of hydrogen-bond acceptors (Lipinski definition) is 0. The zero-order valence-corrected chi connectivity index (χ0v) is 64.8. The molecule has 4 aromatic heterocycles. The third-order valence-corrected chi connectivity index (χ3v) is 21.8. The topological polar surface area (TPSA) is 15.5 Å². The van der Waals surface area contributed by atoms with Gasteiger partial charge in [-0.15, -0.1) is 0 Å². The molecule has 0 aliphatic carbocycles. The minimum Gasteiger partial charge on any atom is -0.201 e. The average Bonchev–Trinajstić information content (AvgIpc) is 0.779. The smallest absolute Gasteiger partial charge is 0.201 e. The summed E-state index contributed by atoms with van der Waals surface area (Å²) >= 11 is 0. The number of benzene rings is 7. The van der Waals surface area contributed by atoms with Crippen molar-refractivity contribution in [1.82, 2.24) is 0 Å². The molecule has 6 heteroatoms. The molecule has 514 valence electrons. The van der Waals surface area contributed by atoms with Gasteiger partial charge in [-0.2, -0.15) is 0 Å². The molecule has 0 amide bonds. The molecule has 0 unspecified atom stereocenters. The number of aromatic nitrogens is 4. The zero-order chi connectivity index (χ0) is 88.9. The third kappa shape index (κ3) is 19.5. The first-order chi connectivity index (χ1) is 53.9. The van der Waals surface area contributed by atoms with Crippen LogP contribution in [0, 0.1) is 86.6 Å². The van der Waals surface area contributed by atoms with E-state index in [2.05, 4.69) is 75.2 Å². The van der Waals surface area contributed by atoms with E-state index in [4.69, 9.17) is 26.0 Å². The maximum absolute atomic E-state index is 9.12. The van der Waals surface area contributed by atoms with Crippen molar-refractivity contribution < 1.29 is 44.3 Å². The predicted octanol–water partition coefficient (Wildman–Crippen LogP) is 21.4. The summed E-state index contributed by atoms with van der Waals surface area (Å²) in [5.74, 6) is 0. The van der Waals surface area contributed by atoms with Crippen molar-refractivity contribution in [3.05, 3.63) is 273 Å². The fourth-order valence-corrected chi connectivity index (χ4v) is 15.2. The second-order valence-electron chi connectivity index (χ2n) is 30.8. The molecule has 0 saturated heterocycles. The number of hydrogen-bond donors (Lipinski definition) is 0. The molecule has 0 aliphatic heterocycles. The van der Waals surface area contributed by atoms with E-state index < -0.39 is 74.0 Å². The third-order valence-electron chi connectivity index (χ3n) is 17.7. The molecule has 7 aromatic carbocycles.